The van der Waals surface area contributed by atoms with E-state index in [0.717, 1.165) is 6.42 Å². The molecule has 0 spiro atoms. The summed E-state index contributed by atoms with van der Waals surface area (Å²) in [6.07, 6.45) is 0.839. The van der Waals surface area contributed by atoms with Crippen molar-refractivity contribution in [3.63, 3.8) is 0 Å². The molecule has 0 N–H and O–H groups in total. The summed E-state index contributed by atoms with van der Waals surface area (Å²) in [4.78, 5) is 12.1. The summed E-state index contributed by atoms with van der Waals surface area (Å²) in [7, 11) is 0. The topological polar surface area (TPSA) is 26.3 Å². The van der Waals surface area contributed by atoms with Crippen molar-refractivity contribution in [2.75, 3.05) is 0 Å². The van der Waals surface area contributed by atoms with Gasteiger partial charge in [0, 0.05) is 5.41 Å². The van der Waals surface area contributed by atoms with E-state index in [2.05, 4.69) is 26.0 Å². The number of rotatable bonds is 1. The number of carbonyl (C=O) groups excluding carboxylic acids is 1. The van der Waals surface area contributed by atoms with E-state index >= 15 is 0 Å². The van der Waals surface area contributed by atoms with E-state index in [-0.39, 0.29) is 17.5 Å². The van der Waals surface area contributed by atoms with Gasteiger partial charge in [-0.1, -0.05) is 38.1 Å². The van der Waals surface area contributed by atoms with Crippen LogP contribution in [0.3, 0.4) is 0 Å². The Balaban J connectivity index is 2.29. The molecule has 2 rings (SSSR count). The van der Waals surface area contributed by atoms with Gasteiger partial charge >= 0.3 is 5.97 Å². The fourth-order valence-corrected chi connectivity index (χ4v) is 2.46. The highest BCUT2D eigenvalue weighted by molar-refractivity contribution is 5.75. The average molecular weight is 246 g/mol. The number of hydrogen-bond acceptors (Lipinski definition) is 2. The molecule has 1 unspecified atom stereocenters. The molecule has 2 heteroatoms. The maximum absolute atomic E-state index is 12.1. The molecule has 1 aromatic rings. The third kappa shape index (κ3) is 2.29. The van der Waals surface area contributed by atoms with Gasteiger partial charge in [0.1, 0.15) is 6.10 Å². The lowest BCUT2D eigenvalue weighted by Gasteiger charge is -2.30. The molecule has 2 nitrogen and oxygen atoms in total. The van der Waals surface area contributed by atoms with Crippen LogP contribution in [0.4, 0.5) is 0 Å². The van der Waals surface area contributed by atoms with Crippen LogP contribution < -0.4 is 0 Å². The highest BCUT2D eigenvalue weighted by atomic mass is 16.5. The van der Waals surface area contributed by atoms with Crippen molar-refractivity contribution < 1.29 is 9.53 Å². The molecule has 0 fully saturated rings. The number of benzene rings is 1. The van der Waals surface area contributed by atoms with Gasteiger partial charge in [0.25, 0.3) is 0 Å². The molecular weight excluding hydrogens is 224 g/mol. The Hall–Kier alpha value is -1.31. The molecule has 0 bridgehead atoms. The summed E-state index contributed by atoms with van der Waals surface area (Å²) in [5.74, 6) is -0.128. The van der Waals surface area contributed by atoms with E-state index < -0.39 is 5.41 Å². The standard InChI is InChI=1S/C16H22O2/c1-15(2,3)14(17)18-13-12-9-7-6-8-11(12)10-16(13,4)5/h6-9,13H,10H2,1-5H3. The van der Waals surface area contributed by atoms with Crippen LogP contribution in [0.15, 0.2) is 24.3 Å². The van der Waals surface area contributed by atoms with Crippen molar-refractivity contribution in [1.82, 2.24) is 0 Å². The van der Waals surface area contributed by atoms with Gasteiger partial charge < -0.3 is 4.74 Å². The Bertz CT molecular complexity index is 466. The van der Waals surface area contributed by atoms with E-state index in [0.29, 0.717) is 0 Å². The van der Waals surface area contributed by atoms with Gasteiger partial charge in [0.15, 0.2) is 0 Å². The number of ether oxygens (including phenoxy) is 1. The van der Waals surface area contributed by atoms with E-state index in [1.54, 1.807) is 0 Å². The lowest BCUT2D eigenvalue weighted by Crippen LogP contribution is -2.29. The van der Waals surface area contributed by atoms with Crippen LogP contribution in [0, 0.1) is 10.8 Å². The van der Waals surface area contributed by atoms with Crippen molar-refractivity contribution in [1.29, 1.82) is 0 Å². The lowest BCUT2D eigenvalue weighted by atomic mass is 9.87. The maximum atomic E-state index is 12.1. The molecule has 0 aliphatic heterocycles. The summed E-state index contributed by atoms with van der Waals surface area (Å²) >= 11 is 0. The van der Waals surface area contributed by atoms with Crippen LogP contribution in [-0.2, 0) is 16.0 Å². The van der Waals surface area contributed by atoms with Crippen LogP contribution in [-0.4, -0.2) is 5.97 Å². The lowest BCUT2D eigenvalue weighted by molar-refractivity contribution is -0.164. The quantitative estimate of drug-likeness (QED) is 0.702. The zero-order chi connectivity index (χ0) is 13.6. The van der Waals surface area contributed by atoms with Crippen LogP contribution in [0.1, 0.15) is 51.8 Å². The molecular formula is C16H22O2. The van der Waals surface area contributed by atoms with E-state index in [1.165, 1.54) is 11.1 Å². The first-order valence-corrected chi connectivity index (χ1v) is 6.51. The maximum Gasteiger partial charge on any atom is 0.311 e. The first kappa shape index (κ1) is 13.1. The van der Waals surface area contributed by atoms with Gasteiger partial charge in [-0.05, 0) is 38.3 Å². The molecule has 1 aliphatic rings. The highest BCUT2D eigenvalue weighted by Crippen LogP contribution is 2.47. The van der Waals surface area contributed by atoms with E-state index in [9.17, 15) is 4.79 Å². The first-order chi connectivity index (χ1) is 8.22. The molecule has 0 saturated heterocycles. The van der Waals surface area contributed by atoms with Crippen molar-refractivity contribution >= 4 is 5.97 Å². The Labute approximate surface area is 109 Å². The summed E-state index contributed by atoms with van der Waals surface area (Å²) < 4.78 is 5.78. The molecule has 18 heavy (non-hydrogen) atoms. The molecule has 1 aromatic carbocycles. The number of carbonyl (C=O) groups is 1. The summed E-state index contributed by atoms with van der Waals surface area (Å²) in [5, 5.41) is 0. The summed E-state index contributed by atoms with van der Waals surface area (Å²) in [6, 6.07) is 8.26. The number of fused-ring (bicyclic) bond motifs is 1. The Morgan fingerprint density at radius 2 is 1.89 bits per heavy atom. The summed E-state index contributed by atoms with van der Waals surface area (Å²) in [5.41, 5.74) is 1.99. The smallest absolute Gasteiger partial charge is 0.311 e. The van der Waals surface area contributed by atoms with E-state index in [4.69, 9.17) is 4.74 Å². The molecule has 0 amide bonds. The molecule has 98 valence electrons. The van der Waals surface area contributed by atoms with Crippen LogP contribution in [0.25, 0.3) is 0 Å². The minimum atomic E-state index is -0.451. The van der Waals surface area contributed by atoms with Crippen LogP contribution in [0.2, 0.25) is 0 Å². The zero-order valence-electron chi connectivity index (χ0n) is 11.9. The predicted molar refractivity (Wildman–Crippen MR) is 72.2 cm³/mol. The number of hydrogen-bond donors (Lipinski definition) is 0. The van der Waals surface area contributed by atoms with Gasteiger partial charge in [0.05, 0.1) is 5.41 Å². The summed E-state index contributed by atoms with van der Waals surface area (Å²) in [6.45, 7) is 10.00. The average Bonchev–Trinajstić information content (AvgIpc) is 2.49. The van der Waals surface area contributed by atoms with Gasteiger partial charge in [0.2, 0.25) is 0 Å². The molecule has 1 atom stereocenters. The molecule has 0 heterocycles. The first-order valence-electron chi connectivity index (χ1n) is 6.51. The van der Waals surface area contributed by atoms with Crippen LogP contribution >= 0.6 is 0 Å². The second kappa shape index (κ2) is 4.11. The largest absolute Gasteiger partial charge is 0.456 e. The molecule has 0 saturated carbocycles. The normalized spacial score (nSPS) is 21.5. The van der Waals surface area contributed by atoms with Crippen molar-refractivity contribution in [3.8, 4) is 0 Å². The third-order valence-electron chi connectivity index (χ3n) is 3.53. The Morgan fingerprint density at radius 3 is 2.50 bits per heavy atom. The number of esters is 1. The van der Waals surface area contributed by atoms with Crippen molar-refractivity contribution in [2.24, 2.45) is 10.8 Å². The van der Waals surface area contributed by atoms with Crippen LogP contribution in [0.5, 0.6) is 0 Å². The zero-order valence-corrected chi connectivity index (χ0v) is 11.9. The van der Waals surface area contributed by atoms with Gasteiger partial charge in [-0.2, -0.15) is 0 Å². The van der Waals surface area contributed by atoms with Gasteiger partial charge in [-0.3, -0.25) is 4.79 Å². The second-order valence-corrected chi connectivity index (χ2v) is 6.90. The monoisotopic (exact) mass is 246 g/mol. The fraction of sp³-hybridized carbons (Fsp3) is 0.562. The Morgan fingerprint density at radius 1 is 1.28 bits per heavy atom. The second-order valence-electron chi connectivity index (χ2n) is 6.90. The SMILES string of the molecule is CC(C)(C)C(=O)OC1c2ccccc2CC1(C)C. The van der Waals surface area contributed by atoms with Gasteiger partial charge in [-0.15, -0.1) is 0 Å². The molecule has 0 radical (unpaired) electrons. The van der Waals surface area contributed by atoms with Gasteiger partial charge in [-0.25, -0.2) is 0 Å². The van der Waals surface area contributed by atoms with Crippen molar-refractivity contribution in [2.45, 2.75) is 47.1 Å². The minimum Gasteiger partial charge on any atom is -0.456 e. The van der Waals surface area contributed by atoms with Crippen molar-refractivity contribution in [3.05, 3.63) is 35.4 Å². The minimum absolute atomic E-state index is 0.0232. The Kier molecular flexibility index (Phi) is 3.00. The fourth-order valence-electron chi connectivity index (χ4n) is 2.46. The predicted octanol–water partition coefficient (Wildman–Crippen LogP) is 3.90. The highest BCUT2D eigenvalue weighted by Gasteiger charge is 2.42. The molecule has 0 aromatic heterocycles. The third-order valence-corrected chi connectivity index (χ3v) is 3.53. The van der Waals surface area contributed by atoms with E-state index in [1.807, 2.05) is 32.9 Å². The molecule has 1 aliphatic carbocycles.